The average molecular weight is 286 g/mol. The van der Waals surface area contributed by atoms with Gasteiger partial charge in [-0.1, -0.05) is 6.92 Å². The van der Waals surface area contributed by atoms with Gasteiger partial charge in [0, 0.05) is 13.1 Å². The number of nitrogens with zero attached hydrogens (tertiary/aromatic N) is 1. The van der Waals surface area contributed by atoms with Gasteiger partial charge in [0.1, 0.15) is 5.82 Å². The van der Waals surface area contributed by atoms with Crippen LogP contribution in [0.4, 0.5) is 4.39 Å². The molecular formula is C13H19FN2O2S. The second kappa shape index (κ2) is 4.85. The Labute approximate surface area is 113 Å². The first-order valence-corrected chi connectivity index (χ1v) is 7.68. The van der Waals surface area contributed by atoms with Crippen LogP contribution in [0.5, 0.6) is 0 Å². The zero-order valence-electron chi connectivity index (χ0n) is 11.2. The van der Waals surface area contributed by atoms with Crippen LogP contribution >= 0.6 is 0 Å². The summed E-state index contributed by atoms with van der Waals surface area (Å²) in [7, 11) is -3.63. The molecule has 1 saturated heterocycles. The smallest absolute Gasteiger partial charge is 0.243 e. The van der Waals surface area contributed by atoms with E-state index in [1.807, 2.05) is 6.92 Å². The molecule has 19 heavy (non-hydrogen) atoms. The van der Waals surface area contributed by atoms with E-state index in [0.29, 0.717) is 25.2 Å². The molecule has 1 aromatic rings. The molecule has 0 saturated carbocycles. The maximum absolute atomic E-state index is 13.4. The van der Waals surface area contributed by atoms with Crippen LogP contribution in [0, 0.1) is 18.2 Å². The van der Waals surface area contributed by atoms with Gasteiger partial charge >= 0.3 is 0 Å². The number of rotatable bonds is 3. The van der Waals surface area contributed by atoms with E-state index in [1.165, 1.54) is 16.4 Å². The first kappa shape index (κ1) is 14.4. The van der Waals surface area contributed by atoms with Crippen molar-refractivity contribution in [3.63, 3.8) is 0 Å². The molecule has 0 aromatic heterocycles. The van der Waals surface area contributed by atoms with E-state index in [1.54, 1.807) is 6.92 Å². The summed E-state index contributed by atoms with van der Waals surface area (Å²) in [4.78, 5) is 0.0197. The van der Waals surface area contributed by atoms with Crippen LogP contribution in [0.15, 0.2) is 23.1 Å². The van der Waals surface area contributed by atoms with Gasteiger partial charge in [-0.3, -0.25) is 0 Å². The fourth-order valence-corrected chi connectivity index (χ4v) is 4.06. The number of halogens is 1. The molecule has 0 radical (unpaired) electrons. The highest BCUT2D eigenvalue weighted by Crippen LogP contribution is 2.32. The van der Waals surface area contributed by atoms with E-state index in [4.69, 9.17) is 5.73 Å². The molecule has 6 heteroatoms. The molecule has 1 aliphatic heterocycles. The Hall–Kier alpha value is -0.980. The molecule has 1 atom stereocenters. The van der Waals surface area contributed by atoms with E-state index in [-0.39, 0.29) is 10.3 Å². The van der Waals surface area contributed by atoms with E-state index in [0.717, 1.165) is 12.5 Å². The van der Waals surface area contributed by atoms with Crippen molar-refractivity contribution in [3.05, 3.63) is 29.6 Å². The second-order valence-corrected chi connectivity index (χ2v) is 7.51. The van der Waals surface area contributed by atoms with Crippen LogP contribution in [-0.4, -0.2) is 32.4 Å². The van der Waals surface area contributed by atoms with Gasteiger partial charge in [0.05, 0.1) is 4.90 Å². The predicted molar refractivity (Wildman–Crippen MR) is 71.7 cm³/mol. The van der Waals surface area contributed by atoms with Crippen molar-refractivity contribution in [2.24, 2.45) is 11.1 Å². The molecular weight excluding hydrogens is 267 g/mol. The van der Waals surface area contributed by atoms with Crippen LogP contribution in [0.1, 0.15) is 18.9 Å². The minimum Gasteiger partial charge on any atom is -0.330 e. The van der Waals surface area contributed by atoms with Gasteiger partial charge < -0.3 is 5.73 Å². The summed E-state index contributed by atoms with van der Waals surface area (Å²) in [5.41, 5.74) is 6.09. The van der Waals surface area contributed by atoms with Crippen molar-refractivity contribution in [2.75, 3.05) is 19.6 Å². The van der Waals surface area contributed by atoms with Crippen LogP contribution in [0.25, 0.3) is 0 Å². The van der Waals surface area contributed by atoms with Gasteiger partial charge in [-0.05, 0) is 49.1 Å². The van der Waals surface area contributed by atoms with Crippen molar-refractivity contribution >= 4 is 10.0 Å². The van der Waals surface area contributed by atoms with Crippen LogP contribution in [-0.2, 0) is 10.0 Å². The average Bonchev–Trinajstić information content (AvgIpc) is 2.72. The fourth-order valence-electron chi connectivity index (χ4n) is 2.35. The maximum Gasteiger partial charge on any atom is 0.243 e. The number of aryl methyl sites for hydroxylation is 1. The number of sulfonamides is 1. The normalized spacial score (nSPS) is 24.8. The summed E-state index contributed by atoms with van der Waals surface area (Å²) in [6, 6.07) is 3.88. The van der Waals surface area contributed by atoms with Crippen LogP contribution in [0.2, 0.25) is 0 Å². The molecule has 1 aromatic carbocycles. The molecule has 4 nitrogen and oxygen atoms in total. The summed E-state index contributed by atoms with van der Waals surface area (Å²) in [5, 5.41) is 0. The lowest BCUT2D eigenvalue weighted by Crippen LogP contribution is -2.34. The lowest BCUT2D eigenvalue weighted by molar-refractivity contribution is 0.349. The Morgan fingerprint density at radius 1 is 1.42 bits per heavy atom. The highest BCUT2D eigenvalue weighted by molar-refractivity contribution is 7.89. The first-order valence-electron chi connectivity index (χ1n) is 6.24. The topological polar surface area (TPSA) is 63.4 Å². The van der Waals surface area contributed by atoms with Gasteiger partial charge in [-0.15, -0.1) is 0 Å². The van der Waals surface area contributed by atoms with E-state index >= 15 is 0 Å². The molecule has 1 fully saturated rings. The van der Waals surface area contributed by atoms with Gasteiger partial charge in [0.2, 0.25) is 10.0 Å². The van der Waals surface area contributed by atoms with Crippen molar-refractivity contribution in [1.82, 2.24) is 4.31 Å². The highest BCUT2D eigenvalue weighted by Gasteiger charge is 2.39. The minimum absolute atomic E-state index is 0.0197. The van der Waals surface area contributed by atoms with Crippen LogP contribution < -0.4 is 5.73 Å². The number of hydrogen-bond donors (Lipinski definition) is 1. The number of benzene rings is 1. The Morgan fingerprint density at radius 3 is 2.63 bits per heavy atom. The molecule has 2 rings (SSSR count). The van der Waals surface area contributed by atoms with E-state index in [2.05, 4.69) is 0 Å². The highest BCUT2D eigenvalue weighted by atomic mass is 32.2. The SMILES string of the molecule is Cc1cc(F)cc(S(=O)(=O)N2CCC(C)(CN)C2)c1. The summed E-state index contributed by atoms with van der Waals surface area (Å²) in [6.07, 6.45) is 0.733. The Balaban J connectivity index is 2.33. The maximum atomic E-state index is 13.4. The molecule has 2 N–H and O–H groups in total. The zero-order chi connectivity index (χ0) is 14.3. The summed E-state index contributed by atoms with van der Waals surface area (Å²) in [6.45, 7) is 4.92. The van der Waals surface area contributed by atoms with E-state index in [9.17, 15) is 12.8 Å². The zero-order valence-corrected chi connectivity index (χ0v) is 12.0. The molecule has 0 bridgehead atoms. The molecule has 0 amide bonds. The van der Waals surface area contributed by atoms with Crippen LogP contribution in [0.3, 0.4) is 0 Å². The Morgan fingerprint density at radius 2 is 2.11 bits per heavy atom. The molecule has 106 valence electrons. The molecule has 0 aliphatic carbocycles. The van der Waals surface area contributed by atoms with Crippen molar-refractivity contribution in [3.8, 4) is 0 Å². The lowest BCUT2D eigenvalue weighted by Gasteiger charge is -2.22. The standard InChI is InChI=1S/C13H19FN2O2S/c1-10-5-11(14)7-12(6-10)19(17,18)16-4-3-13(2,8-15)9-16/h5-7H,3-4,8-9,15H2,1-2H3. The van der Waals surface area contributed by atoms with Crippen molar-refractivity contribution in [1.29, 1.82) is 0 Å². The molecule has 1 heterocycles. The third-order valence-corrected chi connectivity index (χ3v) is 5.49. The van der Waals surface area contributed by atoms with Gasteiger partial charge in [-0.25, -0.2) is 12.8 Å². The fraction of sp³-hybridized carbons (Fsp3) is 0.538. The minimum atomic E-state index is -3.63. The van der Waals surface area contributed by atoms with Gasteiger partial charge in [0.25, 0.3) is 0 Å². The summed E-state index contributed by atoms with van der Waals surface area (Å²) in [5.74, 6) is -0.528. The van der Waals surface area contributed by atoms with Gasteiger partial charge in [-0.2, -0.15) is 4.31 Å². The first-order chi connectivity index (χ1) is 8.77. The monoisotopic (exact) mass is 286 g/mol. The molecule has 1 aliphatic rings. The molecule has 1 unspecified atom stereocenters. The summed E-state index contributed by atoms with van der Waals surface area (Å²) >= 11 is 0. The van der Waals surface area contributed by atoms with Crippen molar-refractivity contribution < 1.29 is 12.8 Å². The number of nitrogens with two attached hydrogens (primary N) is 1. The number of hydrogen-bond acceptors (Lipinski definition) is 3. The Kier molecular flexibility index (Phi) is 3.68. The second-order valence-electron chi connectivity index (χ2n) is 5.57. The van der Waals surface area contributed by atoms with E-state index < -0.39 is 15.8 Å². The third-order valence-electron chi connectivity index (χ3n) is 3.67. The Bertz CT molecular complexity index is 568. The lowest BCUT2D eigenvalue weighted by atomic mass is 9.90. The van der Waals surface area contributed by atoms with Crippen molar-refractivity contribution in [2.45, 2.75) is 25.2 Å². The predicted octanol–water partition coefficient (Wildman–Crippen LogP) is 1.49. The van der Waals surface area contributed by atoms with Gasteiger partial charge in [0.15, 0.2) is 0 Å². The largest absolute Gasteiger partial charge is 0.330 e. The summed E-state index contributed by atoms with van der Waals surface area (Å²) < 4.78 is 39.7. The quantitative estimate of drug-likeness (QED) is 0.915. The third kappa shape index (κ3) is 2.80. The molecule has 0 spiro atoms.